The Hall–Kier alpha value is -4.07. The Labute approximate surface area is 204 Å². The summed E-state index contributed by atoms with van der Waals surface area (Å²) in [4.78, 5) is 49.7. The molecule has 0 radical (unpaired) electrons. The highest BCUT2D eigenvalue weighted by atomic mass is 16.5. The van der Waals surface area contributed by atoms with E-state index in [0.717, 1.165) is 11.1 Å². The van der Waals surface area contributed by atoms with Gasteiger partial charge in [-0.05, 0) is 24.1 Å². The highest BCUT2D eigenvalue weighted by Gasteiger charge is 2.28. The maximum Gasteiger partial charge on any atom is 0.307 e. The van der Waals surface area contributed by atoms with Crippen molar-refractivity contribution in [1.29, 1.82) is 0 Å². The SMILES string of the molecule is CC(OC(=O)CCC(=O)c1ccc(-c2ccccc2)cc1)C(=O)N1CCN(c2ncccn2)CC1. The Morgan fingerprint density at radius 2 is 1.46 bits per heavy atom. The lowest BCUT2D eigenvalue weighted by Crippen LogP contribution is -2.52. The van der Waals surface area contributed by atoms with Crippen LogP contribution in [0.5, 0.6) is 0 Å². The number of aromatic nitrogens is 2. The number of hydrogen-bond donors (Lipinski definition) is 0. The number of esters is 1. The number of anilines is 1. The normalized spacial score (nSPS) is 14.3. The summed E-state index contributed by atoms with van der Waals surface area (Å²) >= 11 is 0. The van der Waals surface area contributed by atoms with Crippen LogP contribution in [0.15, 0.2) is 73.1 Å². The van der Waals surface area contributed by atoms with Gasteiger partial charge in [0, 0.05) is 50.6 Å². The number of amides is 1. The Bertz CT molecular complexity index is 1140. The zero-order chi connectivity index (χ0) is 24.6. The fourth-order valence-corrected chi connectivity index (χ4v) is 3.98. The van der Waals surface area contributed by atoms with E-state index in [-0.39, 0.29) is 24.5 Å². The first-order valence-corrected chi connectivity index (χ1v) is 11.7. The molecule has 0 spiro atoms. The van der Waals surface area contributed by atoms with Gasteiger partial charge >= 0.3 is 5.97 Å². The summed E-state index contributed by atoms with van der Waals surface area (Å²) in [6.45, 7) is 3.77. The molecule has 1 atom stereocenters. The minimum Gasteiger partial charge on any atom is -0.453 e. The van der Waals surface area contributed by atoms with Gasteiger partial charge in [0.2, 0.25) is 5.95 Å². The maximum absolute atomic E-state index is 12.7. The summed E-state index contributed by atoms with van der Waals surface area (Å²) in [6, 6.07) is 19.0. The van der Waals surface area contributed by atoms with Gasteiger partial charge in [-0.1, -0.05) is 54.6 Å². The predicted molar refractivity (Wildman–Crippen MR) is 132 cm³/mol. The molecular weight excluding hydrogens is 444 g/mol. The number of carbonyl (C=O) groups excluding carboxylic acids is 3. The molecule has 180 valence electrons. The largest absolute Gasteiger partial charge is 0.453 e. The van der Waals surface area contributed by atoms with Crippen LogP contribution in [0.1, 0.15) is 30.1 Å². The van der Waals surface area contributed by atoms with Crippen LogP contribution in [0.2, 0.25) is 0 Å². The first-order valence-electron chi connectivity index (χ1n) is 11.7. The van der Waals surface area contributed by atoms with Crippen LogP contribution in [0, 0.1) is 0 Å². The van der Waals surface area contributed by atoms with Gasteiger partial charge in [0.15, 0.2) is 11.9 Å². The zero-order valence-electron chi connectivity index (χ0n) is 19.7. The van der Waals surface area contributed by atoms with Crippen LogP contribution in [0.25, 0.3) is 11.1 Å². The molecular formula is C27H28N4O4. The second-order valence-corrected chi connectivity index (χ2v) is 8.36. The van der Waals surface area contributed by atoms with Gasteiger partial charge in [-0.3, -0.25) is 14.4 Å². The minimum atomic E-state index is -0.901. The number of rotatable bonds is 8. The molecule has 2 heterocycles. The maximum atomic E-state index is 12.7. The molecule has 8 nitrogen and oxygen atoms in total. The fraction of sp³-hybridized carbons (Fsp3) is 0.296. The van der Waals surface area contributed by atoms with Gasteiger partial charge in [-0.2, -0.15) is 0 Å². The van der Waals surface area contributed by atoms with E-state index in [1.54, 1.807) is 42.4 Å². The monoisotopic (exact) mass is 472 g/mol. The molecule has 1 aliphatic heterocycles. The van der Waals surface area contributed by atoms with Crippen LogP contribution < -0.4 is 4.90 Å². The summed E-state index contributed by atoms with van der Waals surface area (Å²) in [6.07, 6.45) is 2.43. The molecule has 4 rings (SSSR count). The Kier molecular flexibility index (Phi) is 7.82. The van der Waals surface area contributed by atoms with E-state index in [9.17, 15) is 14.4 Å². The van der Waals surface area contributed by atoms with Crippen molar-refractivity contribution >= 4 is 23.6 Å². The highest BCUT2D eigenvalue weighted by molar-refractivity contribution is 5.98. The Balaban J connectivity index is 1.21. The third-order valence-electron chi connectivity index (χ3n) is 5.95. The second kappa shape index (κ2) is 11.4. The molecule has 0 aliphatic carbocycles. The van der Waals surface area contributed by atoms with Gasteiger partial charge < -0.3 is 14.5 Å². The Morgan fingerprint density at radius 3 is 2.11 bits per heavy atom. The number of ether oxygens (including phenoxy) is 1. The predicted octanol–water partition coefficient (Wildman–Crippen LogP) is 3.39. The van der Waals surface area contributed by atoms with Crippen molar-refractivity contribution in [2.45, 2.75) is 25.9 Å². The molecule has 1 aliphatic rings. The quantitative estimate of drug-likeness (QED) is 0.366. The molecule has 1 unspecified atom stereocenters. The first-order chi connectivity index (χ1) is 17.0. The van der Waals surface area contributed by atoms with Crippen LogP contribution in [-0.4, -0.2) is 64.8 Å². The number of carbonyl (C=O) groups is 3. The average Bonchev–Trinajstić information content (AvgIpc) is 2.92. The molecule has 1 saturated heterocycles. The highest BCUT2D eigenvalue weighted by Crippen LogP contribution is 2.20. The molecule has 2 aromatic carbocycles. The van der Waals surface area contributed by atoms with Gasteiger partial charge in [0.1, 0.15) is 0 Å². The number of Topliss-reactive ketones (excluding diaryl/α,β-unsaturated/α-hetero) is 1. The minimum absolute atomic E-state index is 0.0280. The number of piperazine rings is 1. The van der Waals surface area contributed by atoms with Crippen LogP contribution in [0.4, 0.5) is 5.95 Å². The molecule has 1 aromatic heterocycles. The van der Waals surface area contributed by atoms with E-state index in [1.807, 2.05) is 47.4 Å². The van der Waals surface area contributed by atoms with Gasteiger partial charge in [0.25, 0.3) is 5.91 Å². The fourth-order valence-electron chi connectivity index (χ4n) is 3.98. The molecule has 1 amide bonds. The first kappa shape index (κ1) is 24.1. The van der Waals surface area contributed by atoms with Crippen molar-refractivity contribution in [3.05, 3.63) is 78.6 Å². The summed E-state index contributed by atoms with van der Waals surface area (Å²) in [5, 5.41) is 0. The molecule has 8 heteroatoms. The van der Waals surface area contributed by atoms with Gasteiger partial charge in [0.05, 0.1) is 6.42 Å². The van der Waals surface area contributed by atoms with Gasteiger partial charge in [-0.15, -0.1) is 0 Å². The second-order valence-electron chi connectivity index (χ2n) is 8.36. The van der Waals surface area contributed by atoms with E-state index in [0.29, 0.717) is 37.7 Å². The molecule has 0 bridgehead atoms. The average molecular weight is 473 g/mol. The lowest BCUT2D eigenvalue weighted by molar-refractivity contribution is -0.159. The number of ketones is 1. The van der Waals surface area contributed by atoms with Gasteiger partial charge in [-0.25, -0.2) is 9.97 Å². The van der Waals surface area contributed by atoms with Crippen LogP contribution >= 0.6 is 0 Å². The van der Waals surface area contributed by atoms with Crippen molar-refractivity contribution in [3.8, 4) is 11.1 Å². The number of hydrogen-bond acceptors (Lipinski definition) is 7. The summed E-state index contributed by atoms with van der Waals surface area (Å²) < 4.78 is 5.32. The summed E-state index contributed by atoms with van der Waals surface area (Å²) in [5.74, 6) is -0.301. The van der Waals surface area contributed by atoms with E-state index in [1.165, 1.54) is 0 Å². The lowest BCUT2D eigenvalue weighted by atomic mass is 10.0. The third-order valence-corrected chi connectivity index (χ3v) is 5.95. The standard InChI is InChI=1S/C27H28N4O4/c1-20(26(34)30-16-18-31(19-17-30)27-28-14-5-15-29-27)35-25(33)13-12-24(32)23-10-8-22(9-11-23)21-6-3-2-4-7-21/h2-11,14-15,20H,12-13,16-19H2,1H3. The molecule has 3 aromatic rings. The third kappa shape index (κ3) is 6.29. The van der Waals surface area contributed by atoms with Crippen molar-refractivity contribution in [2.75, 3.05) is 31.1 Å². The zero-order valence-corrected chi connectivity index (χ0v) is 19.7. The molecule has 35 heavy (non-hydrogen) atoms. The van der Waals surface area contributed by atoms with Crippen molar-refractivity contribution < 1.29 is 19.1 Å². The molecule has 1 fully saturated rings. The number of benzene rings is 2. The van der Waals surface area contributed by atoms with Crippen molar-refractivity contribution in [3.63, 3.8) is 0 Å². The molecule has 0 N–H and O–H groups in total. The van der Waals surface area contributed by atoms with E-state index < -0.39 is 12.1 Å². The number of nitrogens with zero attached hydrogens (tertiary/aromatic N) is 4. The summed E-state index contributed by atoms with van der Waals surface area (Å²) in [7, 11) is 0. The van der Waals surface area contributed by atoms with E-state index >= 15 is 0 Å². The van der Waals surface area contributed by atoms with Crippen molar-refractivity contribution in [2.24, 2.45) is 0 Å². The summed E-state index contributed by atoms with van der Waals surface area (Å²) in [5.41, 5.74) is 2.64. The smallest absolute Gasteiger partial charge is 0.307 e. The Morgan fingerprint density at radius 1 is 0.829 bits per heavy atom. The lowest BCUT2D eigenvalue weighted by Gasteiger charge is -2.35. The van der Waals surface area contributed by atoms with E-state index in [4.69, 9.17) is 4.74 Å². The van der Waals surface area contributed by atoms with E-state index in [2.05, 4.69) is 9.97 Å². The van der Waals surface area contributed by atoms with Crippen LogP contribution in [-0.2, 0) is 14.3 Å². The van der Waals surface area contributed by atoms with Crippen LogP contribution in [0.3, 0.4) is 0 Å². The molecule has 0 saturated carbocycles. The topological polar surface area (TPSA) is 92.7 Å². The van der Waals surface area contributed by atoms with Crippen molar-refractivity contribution in [1.82, 2.24) is 14.9 Å².